The lowest BCUT2D eigenvalue weighted by molar-refractivity contribution is -0.225. The molecule has 0 aromatic carbocycles. The summed E-state index contributed by atoms with van der Waals surface area (Å²) in [6.45, 7) is 7.40. The van der Waals surface area contributed by atoms with E-state index < -0.39 is 107 Å². The zero-order chi connectivity index (χ0) is 65.9. The van der Waals surface area contributed by atoms with Crippen LogP contribution in [0.5, 0.6) is 0 Å². The van der Waals surface area contributed by atoms with Crippen LogP contribution < -0.4 is 11.5 Å². The maximum absolute atomic E-state index is 12.0. The monoisotopic (exact) mass is 1260 g/mol. The van der Waals surface area contributed by atoms with E-state index in [0.29, 0.717) is 19.4 Å². The fraction of sp³-hybridized carbons (Fsp3) is 0.569. The molecule has 0 aromatic rings. The normalized spacial score (nSPS) is 20.2. The number of carboxylic acid groups (broad SMARTS) is 1. The van der Waals surface area contributed by atoms with Crippen LogP contribution in [0.15, 0.2) is 162 Å². The highest BCUT2D eigenvalue weighted by molar-refractivity contribution is 7.80. The Morgan fingerprint density at radius 2 is 1.03 bits per heavy atom. The lowest BCUT2D eigenvalue weighted by Gasteiger charge is -2.38. The third kappa shape index (κ3) is 40.4. The summed E-state index contributed by atoms with van der Waals surface area (Å²) in [6, 6.07) is 0. The van der Waals surface area contributed by atoms with Gasteiger partial charge in [-0.15, -0.1) is 0 Å². The highest BCUT2D eigenvalue weighted by atomic mass is 32.3. The van der Waals surface area contributed by atoms with Crippen molar-refractivity contribution in [1.82, 2.24) is 0 Å². The van der Waals surface area contributed by atoms with Crippen LogP contribution in [-0.4, -0.2) is 185 Å². The summed E-state index contributed by atoms with van der Waals surface area (Å²) in [6.07, 6.45) is 32.4. The molecular weight excluding hydrogens is 1160 g/mol. The largest absolute Gasteiger partial charge is 0.478 e. The lowest BCUT2D eigenvalue weighted by atomic mass is 9.87. The Hall–Kier alpha value is -5.29. The second kappa shape index (κ2) is 46.7. The van der Waals surface area contributed by atoms with Gasteiger partial charge in [-0.3, -0.25) is 9.55 Å². The number of nitrogens with two attached hydrogens (primary N) is 2. The number of unbranched alkanes of at least 4 members (excludes halogenated alkanes) is 1. The van der Waals surface area contributed by atoms with Gasteiger partial charge in [0.15, 0.2) is 11.7 Å². The number of aliphatic hydroxyl groups excluding tert-OH is 11. The van der Waals surface area contributed by atoms with Crippen LogP contribution in [0, 0.1) is 17.8 Å². The summed E-state index contributed by atoms with van der Waals surface area (Å²) < 4.78 is 50.5. The van der Waals surface area contributed by atoms with E-state index in [9.17, 15) is 73.9 Å². The van der Waals surface area contributed by atoms with Gasteiger partial charge in [-0.25, -0.2) is 8.98 Å². The number of aliphatic carboxylic acids is 1. The Morgan fingerprint density at radius 3 is 1.57 bits per heavy atom. The van der Waals surface area contributed by atoms with Crippen molar-refractivity contribution in [2.24, 2.45) is 34.2 Å². The fourth-order valence-corrected chi connectivity index (χ4v) is 9.65. The second-order valence-electron chi connectivity index (χ2n) is 22.1. The number of allylic oxidation sites excluding steroid dienone is 16. The first-order valence-electron chi connectivity index (χ1n) is 30.0. The van der Waals surface area contributed by atoms with Crippen LogP contribution in [0.25, 0.3) is 0 Å². The van der Waals surface area contributed by atoms with E-state index in [1.807, 2.05) is 31.2 Å². The zero-order valence-corrected chi connectivity index (χ0v) is 52.2. The maximum Gasteiger partial charge on any atom is 0.397 e. The molecule has 0 spiro atoms. The Kier molecular flexibility index (Phi) is 42.9. The Morgan fingerprint density at radius 1 is 0.568 bits per heavy atom. The molecule has 0 bridgehead atoms. The van der Waals surface area contributed by atoms with Crippen molar-refractivity contribution in [2.45, 2.75) is 197 Å². The summed E-state index contributed by atoms with van der Waals surface area (Å²) >= 11 is 0. The molecule has 17 N–H and O–H groups in total. The van der Waals surface area contributed by atoms with Crippen LogP contribution >= 0.6 is 0 Å². The van der Waals surface area contributed by atoms with Gasteiger partial charge in [0.1, 0.15) is 0 Å². The minimum Gasteiger partial charge on any atom is -0.478 e. The number of rotatable bonds is 47. The number of carboxylic acids is 1. The SMILES string of the molecule is CC(=CC=CC=CCCC=CC(C)C(O)C(C)C(O)C=CC=CC=CC=CC=CC=CCC(OS(=O)(=O)O)C(C)C1(CC(O)CC(O)C=CCC(O)CC(O)CC(O)C=CCC(O)CC(O)C=CCC(O)CC(O)CCCN=C(N)N)OCCO1)C(=O)O. The Labute approximate surface area is 521 Å². The molecule has 15 atom stereocenters. The van der Waals surface area contributed by atoms with Gasteiger partial charge in [-0.05, 0) is 71.1 Å². The molecule has 0 aromatic heterocycles. The van der Waals surface area contributed by atoms with Crippen LogP contribution in [-0.2, 0) is 28.9 Å². The Balaban J connectivity index is 2.59. The predicted molar refractivity (Wildman–Crippen MR) is 341 cm³/mol. The third-order valence-corrected chi connectivity index (χ3v) is 14.6. The van der Waals surface area contributed by atoms with Gasteiger partial charge in [-0.2, -0.15) is 8.42 Å². The van der Waals surface area contributed by atoms with E-state index in [1.54, 1.807) is 105 Å². The van der Waals surface area contributed by atoms with E-state index >= 15 is 0 Å². The first-order chi connectivity index (χ1) is 41.6. The molecule has 23 heteroatoms. The first kappa shape index (κ1) is 80.7. The summed E-state index contributed by atoms with van der Waals surface area (Å²) in [7, 11) is -4.94. The molecule has 1 aliphatic rings. The predicted octanol–water partition coefficient (Wildman–Crippen LogP) is 5.24. The van der Waals surface area contributed by atoms with E-state index in [1.165, 1.54) is 43.4 Å². The van der Waals surface area contributed by atoms with Crippen LogP contribution in [0.3, 0.4) is 0 Å². The number of ether oxygens (including phenoxy) is 2. The molecule has 0 radical (unpaired) electrons. The van der Waals surface area contributed by atoms with E-state index in [4.69, 9.17) is 30.2 Å². The molecule has 0 amide bonds. The molecule has 1 saturated heterocycles. The summed E-state index contributed by atoms with van der Waals surface area (Å²) in [5, 5.41) is 124. The van der Waals surface area contributed by atoms with Gasteiger partial charge in [0.2, 0.25) is 0 Å². The van der Waals surface area contributed by atoms with Crippen molar-refractivity contribution in [1.29, 1.82) is 0 Å². The van der Waals surface area contributed by atoms with Gasteiger partial charge in [-0.1, -0.05) is 173 Å². The summed E-state index contributed by atoms with van der Waals surface area (Å²) in [5.74, 6) is -4.00. The number of aliphatic imine (C=N–C) groups is 1. The van der Waals surface area contributed by atoms with Crippen molar-refractivity contribution in [3.05, 3.63) is 157 Å². The number of aliphatic hydroxyl groups is 11. The molecule has 88 heavy (non-hydrogen) atoms. The van der Waals surface area contributed by atoms with Gasteiger partial charge in [0.05, 0.1) is 86.5 Å². The summed E-state index contributed by atoms with van der Waals surface area (Å²) in [4.78, 5) is 14.7. The number of guanidine groups is 1. The second-order valence-corrected chi connectivity index (χ2v) is 23.1. The number of hydrogen-bond donors (Lipinski definition) is 15. The van der Waals surface area contributed by atoms with Crippen molar-refractivity contribution in [3.8, 4) is 0 Å². The molecule has 0 saturated carbocycles. The quantitative estimate of drug-likeness (QED) is 0.00705. The van der Waals surface area contributed by atoms with Gasteiger partial charge in [0, 0.05) is 55.6 Å². The zero-order valence-electron chi connectivity index (χ0n) is 51.4. The highest BCUT2D eigenvalue weighted by Crippen LogP contribution is 2.38. The number of hydrogen-bond acceptors (Lipinski definition) is 18. The molecule has 15 unspecified atom stereocenters. The summed E-state index contributed by atoms with van der Waals surface area (Å²) in [5.41, 5.74) is 10.8. The van der Waals surface area contributed by atoms with Crippen LogP contribution in [0.1, 0.15) is 118 Å². The lowest BCUT2D eigenvalue weighted by Crippen LogP contribution is -2.47. The highest BCUT2D eigenvalue weighted by Gasteiger charge is 2.48. The number of carbonyl (C=O) groups is 1. The third-order valence-electron chi connectivity index (χ3n) is 14.1. The van der Waals surface area contributed by atoms with Gasteiger partial charge >= 0.3 is 16.4 Å². The average Bonchev–Trinajstić information content (AvgIpc) is 4.17. The minimum atomic E-state index is -4.94. The minimum absolute atomic E-state index is 0.0133. The molecular formula is C65H103N3O19S. The van der Waals surface area contributed by atoms with E-state index in [0.717, 1.165) is 12.8 Å². The molecule has 0 aliphatic carbocycles. The average molecular weight is 1260 g/mol. The Bertz CT molecular complexity index is 2470. The van der Waals surface area contributed by atoms with Gasteiger partial charge in [0.25, 0.3) is 0 Å². The first-order valence-corrected chi connectivity index (χ1v) is 31.4. The van der Waals surface area contributed by atoms with Crippen molar-refractivity contribution in [2.75, 3.05) is 19.8 Å². The van der Waals surface area contributed by atoms with Crippen molar-refractivity contribution >= 4 is 22.3 Å². The van der Waals surface area contributed by atoms with Crippen molar-refractivity contribution in [3.63, 3.8) is 0 Å². The topological polar surface area (TPSA) is 406 Å². The van der Waals surface area contributed by atoms with Crippen molar-refractivity contribution < 1.29 is 92.7 Å². The van der Waals surface area contributed by atoms with E-state index in [2.05, 4.69) is 4.99 Å². The smallest absolute Gasteiger partial charge is 0.397 e. The van der Waals surface area contributed by atoms with E-state index in [-0.39, 0.29) is 94.9 Å². The molecule has 1 fully saturated rings. The molecule has 498 valence electrons. The number of nitrogens with zero attached hydrogens (tertiary/aromatic N) is 1. The van der Waals surface area contributed by atoms with Crippen LogP contribution in [0.4, 0.5) is 0 Å². The molecule has 1 rings (SSSR count). The molecule has 1 aliphatic heterocycles. The standard InChI is InChI=1S/C65H103N3O19S/c1-47(27-19-15-11-10-12-16-20-28-48(2)63(80)81)62(79)49(3)60(78)36-21-17-13-8-6-5-7-9-14-18-22-37-61(87-88(82,83)84)50(4)65(85-39-40-86-65)46-59(77)45-56(74)34-25-33-55(73)44-58(76)43-54(72)32-24-31-52(70)41-51(69)29-23-30-53(71)42-57(75)35-26-38-68-64(66)67/h5-10,12-14,16-25,27-29,32,34,36,47,49-62,69-79H,11,15,26,30-31,33,35,37-46H2,1-4H3,(H,80,81)(H4,66,67,68)(H,82,83,84). The molecule has 1 heterocycles. The maximum atomic E-state index is 12.0. The van der Waals surface area contributed by atoms with Gasteiger partial charge < -0.3 is 82.2 Å². The fourth-order valence-electron chi connectivity index (χ4n) is 9.10. The molecule has 22 nitrogen and oxygen atoms in total. The van der Waals surface area contributed by atoms with Crippen LogP contribution in [0.2, 0.25) is 0 Å².